The molecule has 4 N–H and O–H groups in total. The molecule has 2 aliphatic heterocycles. The molecule has 2 aliphatic rings. The summed E-state index contributed by atoms with van der Waals surface area (Å²) in [5.74, 6) is 0.632. The average molecular weight is 351 g/mol. The lowest BCUT2D eigenvalue weighted by molar-refractivity contribution is -0.0511. The summed E-state index contributed by atoms with van der Waals surface area (Å²) in [6, 6.07) is -0.00263. The number of aliphatic hydroxyl groups is 4. The molecule has 0 aliphatic carbocycles. The van der Waals surface area contributed by atoms with Crippen LogP contribution in [0.1, 0.15) is 19.1 Å². The molecule has 2 fully saturated rings. The van der Waals surface area contributed by atoms with E-state index in [1.807, 2.05) is 4.90 Å². The van der Waals surface area contributed by atoms with Crippen molar-refractivity contribution in [1.82, 2.24) is 19.5 Å². The summed E-state index contributed by atoms with van der Waals surface area (Å²) in [5, 5.41) is 39.0. The quantitative estimate of drug-likeness (QED) is 0.513. The van der Waals surface area contributed by atoms with E-state index in [0.717, 1.165) is 19.4 Å². The third-order valence-electron chi connectivity index (χ3n) is 4.99. The number of hydrogen-bond donors (Lipinski definition) is 4. The molecule has 136 valence electrons. The molecule has 1 unspecified atom stereocenters. The largest absolute Gasteiger partial charge is 0.394 e. The van der Waals surface area contributed by atoms with Gasteiger partial charge in [-0.25, -0.2) is 15.0 Å². The Morgan fingerprint density at radius 3 is 2.68 bits per heavy atom. The minimum absolute atomic E-state index is 0.00263. The molecule has 0 radical (unpaired) electrons. The van der Waals surface area contributed by atoms with E-state index in [2.05, 4.69) is 15.0 Å². The number of rotatable bonds is 4. The van der Waals surface area contributed by atoms with Crippen molar-refractivity contribution in [3.63, 3.8) is 0 Å². The van der Waals surface area contributed by atoms with Gasteiger partial charge in [0.25, 0.3) is 0 Å². The first-order valence-corrected chi connectivity index (χ1v) is 8.33. The Balaban J connectivity index is 1.72. The van der Waals surface area contributed by atoms with E-state index < -0.39 is 31.1 Å². The van der Waals surface area contributed by atoms with Crippen LogP contribution in [0.15, 0.2) is 12.7 Å². The molecular formula is C15H21N5O5. The molecule has 10 heteroatoms. The van der Waals surface area contributed by atoms with Crippen LogP contribution in [-0.2, 0) is 4.74 Å². The van der Waals surface area contributed by atoms with Crippen molar-refractivity contribution in [2.75, 3.05) is 24.7 Å². The molecule has 2 aromatic rings. The highest BCUT2D eigenvalue weighted by Gasteiger charge is 2.44. The summed E-state index contributed by atoms with van der Waals surface area (Å²) < 4.78 is 7.09. The first-order valence-electron chi connectivity index (χ1n) is 8.33. The van der Waals surface area contributed by atoms with Gasteiger partial charge in [0.05, 0.1) is 25.6 Å². The molecule has 0 amide bonds. The molecule has 2 saturated heterocycles. The fourth-order valence-electron chi connectivity index (χ4n) is 3.65. The standard InChI is InChI=1S/C15H21N5O5/c21-4-8-2-1-3-19(8)13-10-14(17-6-16-13)20(7-18-10)15-12(24)11(23)9(5-22)25-15/h6-9,11-12,15,21-24H,1-5H2/t8-,9-,11+,12?,15-/m1/s1. The van der Waals surface area contributed by atoms with E-state index >= 15 is 0 Å². The van der Waals surface area contributed by atoms with Crippen LogP contribution >= 0.6 is 0 Å². The van der Waals surface area contributed by atoms with Crippen LogP contribution in [0.2, 0.25) is 0 Å². The van der Waals surface area contributed by atoms with Gasteiger partial charge in [-0.05, 0) is 12.8 Å². The summed E-state index contributed by atoms with van der Waals surface area (Å²) in [7, 11) is 0. The molecule has 4 rings (SSSR count). The predicted octanol–water partition coefficient (Wildman–Crippen LogP) is -1.60. The number of aromatic nitrogens is 4. The number of ether oxygens (including phenoxy) is 1. The second-order valence-electron chi connectivity index (χ2n) is 6.42. The van der Waals surface area contributed by atoms with Gasteiger partial charge in [0.1, 0.15) is 24.6 Å². The molecule has 25 heavy (non-hydrogen) atoms. The van der Waals surface area contributed by atoms with Crippen LogP contribution in [0.3, 0.4) is 0 Å². The number of anilines is 1. The SMILES string of the molecule is OC[C@H]1CCCN1c1ncnc2c1ncn2[C@@H]1O[C@H](CO)[C@H](O)C1O. The van der Waals surface area contributed by atoms with E-state index in [9.17, 15) is 20.4 Å². The van der Waals surface area contributed by atoms with Gasteiger partial charge in [0.15, 0.2) is 23.2 Å². The van der Waals surface area contributed by atoms with E-state index in [0.29, 0.717) is 17.0 Å². The maximum atomic E-state index is 10.2. The van der Waals surface area contributed by atoms with Crippen molar-refractivity contribution >= 4 is 17.0 Å². The average Bonchev–Trinajstić information content (AvgIpc) is 3.33. The minimum Gasteiger partial charge on any atom is -0.394 e. The van der Waals surface area contributed by atoms with Crippen LogP contribution < -0.4 is 4.90 Å². The molecule has 4 heterocycles. The van der Waals surface area contributed by atoms with Crippen LogP contribution in [0.4, 0.5) is 5.82 Å². The van der Waals surface area contributed by atoms with Crippen LogP contribution in [0.5, 0.6) is 0 Å². The van der Waals surface area contributed by atoms with E-state index in [1.54, 1.807) is 0 Å². The molecular weight excluding hydrogens is 330 g/mol. The van der Waals surface area contributed by atoms with Crippen molar-refractivity contribution < 1.29 is 25.2 Å². The van der Waals surface area contributed by atoms with Crippen molar-refractivity contribution in [1.29, 1.82) is 0 Å². The van der Waals surface area contributed by atoms with Crippen LogP contribution in [-0.4, -0.2) is 84.1 Å². The fraction of sp³-hybridized carbons (Fsp3) is 0.667. The van der Waals surface area contributed by atoms with Gasteiger partial charge in [-0.3, -0.25) is 4.57 Å². The van der Waals surface area contributed by atoms with Gasteiger partial charge < -0.3 is 30.1 Å². The summed E-state index contributed by atoms with van der Waals surface area (Å²) in [6.07, 6.45) is 0.584. The Morgan fingerprint density at radius 2 is 1.96 bits per heavy atom. The van der Waals surface area contributed by atoms with Gasteiger partial charge in [-0.2, -0.15) is 0 Å². The Labute approximate surface area is 143 Å². The van der Waals surface area contributed by atoms with Gasteiger partial charge in [-0.1, -0.05) is 0 Å². The molecule has 0 saturated carbocycles. The van der Waals surface area contributed by atoms with Crippen molar-refractivity contribution in [2.45, 2.75) is 43.4 Å². The first kappa shape index (κ1) is 16.6. The Morgan fingerprint density at radius 1 is 1.12 bits per heavy atom. The monoisotopic (exact) mass is 351 g/mol. The highest BCUT2D eigenvalue weighted by Crippen LogP contribution is 2.34. The second-order valence-corrected chi connectivity index (χ2v) is 6.42. The van der Waals surface area contributed by atoms with E-state index in [1.165, 1.54) is 17.2 Å². The van der Waals surface area contributed by atoms with Crippen LogP contribution in [0, 0.1) is 0 Å². The van der Waals surface area contributed by atoms with Crippen molar-refractivity contribution in [3.8, 4) is 0 Å². The summed E-state index contributed by atoms with van der Waals surface area (Å²) in [5.41, 5.74) is 1.00. The molecule has 0 spiro atoms. The fourth-order valence-corrected chi connectivity index (χ4v) is 3.65. The van der Waals surface area contributed by atoms with Gasteiger partial charge >= 0.3 is 0 Å². The summed E-state index contributed by atoms with van der Waals surface area (Å²) in [4.78, 5) is 15.0. The second kappa shape index (κ2) is 6.46. The number of imidazole rings is 1. The van der Waals surface area contributed by atoms with Crippen molar-refractivity contribution in [3.05, 3.63) is 12.7 Å². The third kappa shape index (κ3) is 2.57. The highest BCUT2D eigenvalue weighted by molar-refractivity contribution is 5.83. The molecule has 5 atom stereocenters. The maximum absolute atomic E-state index is 10.2. The summed E-state index contributed by atoms with van der Waals surface area (Å²) >= 11 is 0. The zero-order chi connectivity index (χ0) is 17.6. The van der Waals surface area contributed by atoms with E-state index in [-0.39, 0.29) is 12.6 Å². The Hall–Kier alpha value is -1.85. The number of aliphatic hydroxyl groups excluding tert-OH is 4. The maximum Gasteiger partial charge on any atom is 0.167 e. The molecule has 0 aromatic carbocycles. The predicted molar refractivity (Wildman–Crippen MR) is 85.8 cm³/mol. The summed E-state index contributed by atoms with van der Waals surface area (Å²) in [6.45, 7) is 0.423. The van der Waals surface area contributed by atoms with Gasteiger partial charge in [-0.15, -0.1) is 0 Å². The number of hydrogen-bond acceptors (Lipinski definition) is 9. The lowest BCUT2D eigenvalue weighted by Crippen LogP contribution is -2.33. The Kier molecular flexibility index (Phi) is 4.29. The van der Waals surface area contributed by atoms with Gasteiger partial charge in [0.2, 0.25) is 0 Å². The Bertz CT molecular complexity index is 755. The molecule has 0 bridgehead atoms. The van der Waals surface area contributed by atoms with Gasteiger partial charge in [0, 0.05) is 6.54 Å². The van der Waals surface area contributed by atoms with E-state index in [4.69, 9.17) is 4.74 Å². The van der Waals surface area contributed by atoms with Crippen LogP contribution in [0.25, 0.3) is 11.2 Å². The zero-order valence-corrected chi connectivity index (χ0v) is 13.5. The molecule has 2 aromatic heterocycles. The lowest BCUT2D eigenvalue weighted by Gasteiger charge is -2.24. The normalized spacial score (nSPS) is 32.8. The zero-order valence-electron chi connectivity index (χ0n) is 13.5. The number of fused-ring (bicyclic) bond motifs is 1. The first-order chi connectivity index (χ1) is 12.2. The third-order valence-corrected chi connectivity index (χ3v) is 4.99. The molecule has 10 nitrogen and oxygen atoms in total. The lowest BCUT2D eigenvalue weighted by atomic mass is 10.1. The van der Waals surface area contributed by atoms with Crippen molar-refractivity contribution in [2.24, 2.45) is 0 Å². The minimum atomic E-state index is -1.20. The number of nitrogens with zero attached hydrogens (tertiary/aromatic N) is 5. The highest BCUT2D eigenvalue weighted by atomic mass is 16.6. The topological polar surface area (TPSA) is 137 Å². The smallest absolute Gasteiger partial charge is 0.167 e.